The number of hydrogen-bond donors (Lipinski definition) is 2. The third-order valence-corrected chi connectivity index (χ3v) is 5.48. The Kier molecular flexibility index (Phi) is 5.23. The number of halogens is 1. The van der Waals surface area contributed by atoms with Gasteiger partial charge in [-0.2, -0.15) is 0 Å². The van der Waals surface area contributed by atoms with E-state index in [0.717, 1.165) is 29.4 Å². The number of hydrogen-bond acceptors (Lipinski definition) is 3. The smallest absolute Gasteiger partial charge is 0.224 e. The van der Waals surface area contributed by atoms with Crippen LogP contribution in [0.25, 0.3) is 22.4 Å². The zero-order valence-corrected chi connectivity index (χ0v) is 16.1. The Morgan fingerprint density at radius 1 is 1.15 bits per heavy atom. The van der Waals surface area contributed by atoms with Gasteiger partial charge in [0.25, 0.3) is 0 Å². The van der Waals surface area contributed by atoms with Crippen LogP contribution in [0.2, 0.25) is 5.02 Å². The minimum Gasteiger partial charge on any atom is -0.338 e. The molecule has 4 aromatic rings. The van der Waals surface area contributed by atoms with Gasteiger partial charge in [-0.05, 0) is 54.6 Å². The highest BCUT2D eigenvalue weighted by Crippen LogP contribution is 2.30. The molecule has 0 radical (unpaired) electrons. The maximum atomic E-state index is 12.4. The number of benzene rings is 2. The summed E-state index contributed by atoms with van der Waals surface area (Å²) in [5.41, 5.74) is 3.31. The Balaban J connectivity index is 1.51. The van der Waals surface area contributed by atoms with Gasteiger partial charge < -0.3 is 10.3 Å². The molecule has 0 aliphatic rings. The van der Waals surface area contributed by atoms with Gasteiger partial charge in [-0.25, -0.2) is 4.98 Å². The topological polar surface area (TPSA) is 57.8 Å². The fraction of sp³-hybridized carbons (Fsp3) is 0.143. The molecule has 0 saturated heterocycles. The number of aromatic nitrogens is 2. The van der Waals surface area contributed by atoms with Crippen molar-refractivity contribution in [1.82, 2.24) is 9.97 Å². The highest BCUT2D eigenvalue weighted by Gasteiger charge is 2.13. The van der Waals surface area contributed by atoms with Crippen molar-refractivity contribution in [3.8, 4) is 11.4 Å². The molecule has 1 amide bonds. The molecule has 2 aromatic carbocycles. The van der Waals surface area contributed by atoms with Crippen LogP contribution < -0.4 is 5.32 Å². The number of rotatable bonds is 6. The van der Waals surface area contributed by atoms with Gasteiger partial charge in [0, 0.05) is 21.9 Å². The molecule has 4 nitrogen and oxygen atoms in total. The number of fused-ring (bicyclic) bond motifs is 1. The maximum absolute atomic E-state index is 12.4. The van der Waals surface area contributed by atoms with E-state index in [2.05, 4.69) is 26.7 Å². The first-order valence-electron chi connectivity index (χ1n) is 8.76. The second kappa shape index (κ2) is 7.94. The summed E-state index contributed by atoms with van der Waals surface area (Å²) in [7, 11) is 0. The van der Waals surface area contributed by atoms with E-state index in [4.69, 9.17) is 11.6 Å². The van der Waals surface area contributed by atoms with Gasteiger partial charge in [0.15, 0.2) is 0 Å². The fourth-order valence-electron chi connectivity index (χ4n) is 2.99. The minimum absolute atomic E-state index is 0.00811. The molecule has 2 heterocycles. The third-order valence-electron chi connectivity index (χ3n) is 4.31. The lowest BCUT2D eigenvalue weighted by molar-refractivity contribution is -0.116. The van der Waals surface area contributed by atoms with E-state index in [9.17, 15) is 4.79 Å². The molecule has 27 heavy (non-hydrogen) atoms. The van der Waals surface area contributed by atoms with Crippen LogP contribution in [0.1, 0.15) is 17.7 Å². The van der Waals surface area contributed by atoms with Gasteiger partial charge in [0.1, 0.15) is 5.82 Å². The van der Waals surface area contributed by atoms with E-state index in [0.29, 0.717) is 23.0 Å². The molecule has 6 heteroatoms. The van der Waals surface area contributed by atoms with Crippen LogP contribution in [0.4, 0.5) is 5.69 Å². The Labute approximate surface area is 166 Å². The predicted octanol–water partition coefficient (Wildman–Crippen LogP) is 5.91. The molecule has 2 N–H and O–H groups in total. The first-order chi connectivity index (χ1) is 13.2. The van der Waals surface area contributed by atoms with Crippen molar-refractivity contribution >= 4 is 45.6 Å². The summed E-state index contributed by atoms with van der Waals surface area (Å²) in [6, 6.07) is 17.4. The van der Waals surface area contributed by atoms with E-state index >= 15 is 0 Å². The number of H-pyrrole nitrogens is 1. The average molecular weight is 396 g/mol. The summed E-state index contributed by atoms with van der Waals surface area (Å²) in [5, 5.41) is 5.66. The molecule has 0 atom stereocenters. The monoisotopic (exact) mass is 395 g/mol. The Morgan fingerprint density at radius 2 is 2.04 bits per heavy atom. The van der Waals surface area contributed by atoms with Crippen LogP contribution in [0.3, 0.4) is 0 Å². The largest absolute Gasteiger partial charge is 0.338 e. The zero-order chi connectivity index (χ0) is 18.6. The summed E-state index contributed by atoms with van der Waals surface area (Å²) in [5.74, 6) is 0.679. The van der Waals surface area contributed by atoms with Crippen molar-refractivity contribution in [3.05, 3.63) is 69.9 Å². The summed E-state index contributed by atoms with van der Waals surface area (Å²) in [4.78, 5) is 21.6. The zero-order valence-electron chi connectivity index (χ0n) is 14.5. The van der Waals surface area contributed by atoms with Gasteiger partial charge in [-0.3, -0.25) is 4.79 Å². The Morgan fingerprint density at radius 3 is 2.85 bits per heavy atom. The standard InChI is InChI=1S/C21H18ClN3OS/c22-14-10-11-17(23-20(26)9-3-5-15-6-4-12-27-15)16(13-14)21-24-18-7-1-2-8-19(18)25-21/h1-2,4,6-8,10-13H,3,5,9H2,(H,23,26)(H,24,25). The van der Waals surface area contributed by atoms with Crippen molar-refractivity contribution in [2.45, 2.75) is 19.3 Å². The summed E-state index contributed by atoms with van der Waals surface area (Å²) < 4.78 is 0. The number of carbonyl (C=O) groups excluding carboxylic acids is 1. The van der Waals surface area contributed by atoms with E-state index in [1.807, 2.05) is 42.5 Å². The number of thiophene rings is 1. The molecular weight excluding hydrogens is 378 g/mol. The van der Waals surface area contributed by atoms with Gasteiger partial charge in [-0.1, -0.05) is 29.8 Å². The molecule has 0 unspecified atom stereocenters. The van der Waals surface area contributed by atoms with Crippen LogP contribution in [-0.2, 0) is 11.2 Å². The molecule has 0 spiro atoms. The van der Waals surface area contributed by atoms with Gasteiger partial charge in [0.05, 0.1) is 16.7 Å². The van der Waals surface area contributed by atoms with Gasteiger partial charge in [0.2, 0.25) is 5.91 Å². The first-order valence-corrected chi connectivity index (χ1v) is 10.0. The summed E-state index contributed by atoms with van der Waals surface area (Å²) >= 11 is 7.91. The lowest BCUT2D eigenvalue weighted by Gasteiger charge is -2.10. The van der Waals surface area contributed by atoms with Crippen molar-refractivity contribution in [2.75, 3.05) is 5.32 Å². The van der Waals surface area contributed by atoms with Crippen LogP contribution in [0, 0.1) is 0 Å². The number of para-hydroxylation sites is 2. The number of aryl methyl sites for hydroxylation is 1. The minimum atomic E-state index is -0.00811. The van der Waals surface area contributed by atoms with Crippen LogP contribution in [0.15, 0.2) is 60.0 Å². The lowest BCUT2D eigenvalue weighted by atomic mass is 10.1. The Hall–Kier alpha value is -2.63. The van der Waals surface area contributed by atoms with Crippen molar-refractivity contribution in [2.24, 2.45) is 0 Å². The second-order valence-electron chi connectivity index (χ2n) is 6.27. The number of anilines is 1. The molecule has 0 bridgehead atoms. The third kappa shape index (κ3) is 4.21. The van der Waals surface area contributed by atoms with E-state index in [1.165, 1.54) is 4.88 Å². The van der Waals surface area contributed by atoms with Gasteiger partial charge in [-0.15, -0.1) is 11.3 Å². The Bertz CT molecular complexity index is 1040. The van der Waals surface area contributed by atoms with E-state index in [1.54, 1.807) is 17.4 Å². The highest BCUT2D eigenvalue weighted by molar-refractivity contribution is 7.09. The molecule has 0 aliphatic heterocycles. The second-order valence-corrected chi connectivity index (χ2v) is 7.74. The molecule has 2 aromatic heterocycles. The van der Waals surface area contributed by atoms with Crippen LogP contribution >= 0.6 is 22.9 Å². The van der Waals surface area contributed by atoms with Crippen molar-refractivity contribution in [1.29, 1.82) is 0 Å². The number of amides is 1. The predicted molar refractivity (Wildman–Crippen MR) is 112 cm³/mol. The number of aromatic amines is 1. The lowest BCUT2D eigenvalue weighted by Crippen LogP contribution is -2.12. The molecule has 0 aliphatic carbocycles. The van der Waals surface area contributed by atoms with E-state index < -0.39 is 0 Å². The fourth-order valence-corrected chi connectivity index (χ4v) is 3.92. The van der Waals surface area contributed by atoms with Crippen molar-refractivity contribution in [3.63, 3.8) is 0 Å². The molecule has 136 valence electrons. The average Bonchev–Trinajstić information content (AvgIpc) is 3.32. The summed E-state index contributed by atoms with van der Waals surface area (Å²) in [6.07, 6.45) is 2.21. The van der Waals surface area contributed by atoms with Crippen molar-refractivity contribution < 1.29 is 4.79 Å². The van der Waals surface area contributed by atoms with E-state index in [-0.39, 0.29) is 5.91 Å². The quantitative estimate of drug-likeness (QED) is 0.426. The number of nitrogens with zero attached hydrogens (tertiary/aromatic N) is 1. The molecule has 0 saturated carbocycles. The maximum Gasteiger partial charge on any atom is 0.224 e. The molecule has 4 rings (SSSR count). The first kappa shape index (κ1) is 17.8. The van der Waals surface area contributed by atoms with Crippen LogP contribution in [-0.4, -0.2) is 15.9 Å². The SMILES string of the molecule is O=C(CCCc1cccs1)Nc1ccc(Cl)cc1-c1nc2ccccc2[nH]1. The number of nitrogens with one attached hydrogen (secondary N) is 2. The molecule has 0 fully saturated rings. The summed E-state index contributed by atoms with van der Waals surface area (Å²) in [6.45, 7) is 0. The normalized spacial score (nSPS) is 11.0. The number of imidazole rings is 1. The van der Waals surface area contributed by atoms with Gasteiger partial charge >= 0.3 is 0 Å². The number of carbonyl (C=O) groups is 1. The molecular formula is C21H18ClN3OS. The van der Waals surface area contributed by atoms with Crippen LogP contribution in [0.5, 0.6) is 0 Å². The highest BCUT2D eigenvalue weighted by atomic mass is 35.5.